The first kappa shape index (κ1) is 13.3. The van der Waals surface area contributed by atoms with Crippen molar-refractivity contribution >= 4 is 0 Å². The Hall–Kier alpha value is -0.800. The minimum atomic E-state index is 0.0675. The minimum absolute atomic E-state index is 0.0675. The van der Waals surface area contributed by atoms with Crippen LogP contribution in [0.2, 0.25) is 0 Å². The summed E-state index contributed by atoms with van der Waals surface area (Å²) in [5, 5.41) is 12.2. The predicted octanol–water partition coefficient (Wildman–Crippen LogP) is 2.51. The molecule has 1 aromatic heterocycles. The highest BCUT2D eigenvalue weighted by Crippen LogP contribution is 2.33. The SMILES string of the molecule is CCc1ccc(C(NCCO)C(C)(C)C)o1. The number of aliphatic hydroxyl groups excluding tert-OH is 1. The molecular weight excluding hydrogens is 202 g/mol. The number of rotatable bonds is 5. The number of nitrogens with one attached hydrogen (secondary N) is 1. The highest BCUT2D eigenvalue weighted by atomic mass is 16.3. The molecule has 1 heterocycles. The minimum Gasteiger partial charge on any atom is -0.464 e. The molecule has 16 heavy (non-hydrogen) atoms. The largest absolute Gasteiger partial charge is 0.464 e. The predicted molar refractivity (Wildman–Crippen MR) is 65.4 cm³/mol. The van der Waals surface area contributed by atoms with Gasteiger partial charge in [0.2, 0.25) is 0 Å². The van der Waals surface area contributed by atoms with Crippen LogP contribution in [0, 0.1) is 5.41 Å². The van der Waals surface area contributed by atoms with E-state index in [-0.39, 0.29) is 18.1 Å². The third-order valence-corrected chi connectivity index (χ3v) is 2.64. The maximum absolute atomic E-state index is 8.89. The Labute approximate surface area is 97.9 Å². The summed E-state index contributed by atoms with van der Waals surface area (Å²) in [7, 11) is 0. The molecule has 0 saturated carbocycles. The van der Waals surface area contributed by atoms with Crippen LogP contribution in [-0.4, -0.2) is 18.3 Å². The lowest BCUT2D eigenvalue weighted by atomic mass is 9.85. The summed E-state index contributed by atoms with van der Waals surface area (Å²) >= 11 is 0. The van der Waals surface area contributed by atoms with Gasteiger partial charge in [0.25, 0.3) is 0 Å². The molecule has 0 radical (unpaired) electrons. The van der Waals surface area contributed by atoms with Crippen molar-refractivity contribution in [3.05, 3.63) is 23.7 Å². The molecule has 1 unspecified atom stereocenters. The van der Waals surface area contributed by atoms with E-state index in [9.17, 15) is 0 Å². The Morgan fingerprint density at radius 1 is 1.38 bits per heavy atom. The molecule has 1 rings (SSSR count). The van der Waals surface area contributed by atoms with E-state index in [2.05, 4.69) is 33.0 Å². The third-order valence-electron chi connectivity index (χ3n) is 2.64. The first-order valence-corrected chi connectivity index (χ1v) is 5.92. The van der Waals surface area contributed by atoms with Crippen LogP contribution < -0.4 is 5.32 Å². The van der Waals surface area contributed by atoms with Crippen molar-refractivity contribution in [2.75, 3.05) is 13.2 Å². The third kappa shape index (κ3) is 3.35. The van der Waals surface area contributed by atoms with Crippen molar-refractivity contribution in [1.82, 2.24) is 5.32 Å². The van der Waals surface area contributed by atoms with E-state index in [0.29, 0.717) is 6.54 Å². The van der Waals surface area contributed by atoms with Crippen LogP contribution in [-0.2, 0) is 6.42 Å². The second-order valence-electron chi connectivity index (χ2n) is 5.13. The molecule has 0 saturated heterocycles. The Kier molecular flexibility index (Phi) is 4.56. The second kappa shape index (κ2) is 5.51. The summed E-state index contributed by atoms with van der Waals surface area (Å²) in [6.45, 7) is 9.30. The first-order valence-electron chi connectivity index (χ1n) is 5.92. The number of aliphatic hydroxyl groups is 1. The standard InChI is InChI=1S/C13H23NO2/c1-5-10-6-7-11(16-10)12(13(2,3)4)14-8-9-15/h6-7,12,14-15H,5,8-9H2,1-4H3. The number of furan rings is 1. The fourth-order valence-electron chi connectivity index (χ4n) is 1.78. The van der Waals surface area contributed by atoms with Crippen LogP contribution in [0.4, 0.5) is 0 Å². The number of hydrogen-bond acceptors (Lipinski definition) is 3. The van der Waals surface area contributed by atoms with Gasteiger partial charge < -0.3 is 14.8 Å². The molecule has 0 aliphatic heterocycles. The van der Waals surface area contributed by atoms with Crippen molar-refractivity contribution in [1.29, 1.82) is 0 Å². The van der Waals surface area contributed by atoms with Crippen LogP contribution >= 0.6 is 0 Å². The fourth-order valence-corrected chi connectivity index (χ4v) is 1.78. The molecule has 3 heteroatoms. The molecule has 2 N–H and O–H groups in total. The van der Waals surface area contributed by atoms with Gasteiger partial charge in [-0.1, -0.05) is 27.7 Å². The van der Waals surface area contributed by atoms with Crippen LogP contribution in [0.15, 0.2) is 16.5 Å². The zero-order valence-corrected chi connectivity index (χ0v) is 10.7. The molecule has 0 aromatic carbocycles. The molecule has 1 aromatic rings. The molecular formula is C13H23NO2. The number of hydrogen-bond donors (Lipinski definition) is 2. The van der Waals surface area contributed by atoms with E-state index < -0.39 is 0 Å². The van der Waals surface area contributed by atoms with Gasteiger partial charge in [-0.25, -0.2) is 0 Å². The molecule has 0 amide bonds. The zero-order chi connectivity index (χ0) is 12.2. The van der Waals surface area contributed by atoms with Gasteiger partial charge in [0.15, 0.2) is 0 Å². The average molecular weight is 225 g/mol. The van der Waals surface area contributed by atoms with Gasteiger partial charge in [-0.15, -0.1) is 0 Å². The molecule has 0 aliphatic carbocycles. The first-order chi connectivity index (χ1) is 7.49. The highest BCUT2D eigenvalue weighted by molar-refractivity contribution is 5.13. The van der Waals surface area contributed by atoms with Crippen molar-refractivity contribution in [2.45, 2.75) is 40.2 Å². The fraction of sp³-hybridized carbons (Fsp3) is 0.692. The highest BCUT2D eigenvalue weighted by Gasteiger charge is 2.28. The van der Waals surface area contributed by atoms with Crippen molar-refractivity contribution in [3.63, 3.8) is 0 Å². The molecule has 3 nitrogen and oxygen atoms in total. The van der Waals surface area contributed by atoms with E-state index in [0.717, 1.165) is 17.9 Å². The van der Waals surface area contributed by atoms with Crippen molar-refractivity contribution in [2.24, 2.45) is 5.41 Å². The van der Waals surface area contributed by atoms with E-state index >= 15 is 0 Å². The smallest absolute Gasteiger partial charge is 0.121 e. The van der Waals surface area contributed by atoms with E-state index in [1.165, 1.54) is 0 Å². The lowest BCUT2D eigenvalue weighted by Gasteiger charge is -2.29. The van der Waals surface area contributed by atoms with Crippen LogP contribution in [0.3, 0.4) is 0 Å². The molecule has 0 bridgehead atoms. The summed E-state index contributed by atoms with van der Waals surface area (Å²) in [6.07, 6.45) is 0.914. The van der Waals surface area contributed by atoms with Crippen LogP contribution in [0.25, 0.3) is 0 Å². The number of aryl methyl sites for hydroxylation is 1. The topological polar surface area (TPSA) is 45.4 Å². The monoisotopic (exact) mass is 225 g/mol. The average Bonchev–Trinajstić information content (AvgIpc) is 2.65. The van der Waals surface area contributed by atoms with Crippen LogP contribution in [0.1, 0.15) is 45.3 Å². The summed E-state index contributed by atoms with van der Waals surface area (Å²) < 4.78 is 5.77. The van der Waals surface area contributed by atoms with Crippen LogP contribution in [0.5, 0.6) is 0 Å². The van der Waals surface area contributed by atoms with E-state index in [1.807, 2.05) is 12.1 Å². The summed E-state index contributed by atoms with van der Waals surface area (Å²) in [4.78, 5) is 0. The van der Waals surface area contributed by atoms with Gasteiger partial charge in [-0.05, 0) is 17.5 Å². The Balaban J connectivity index is 2.83. The van der Waals surface area contributed by atoms with Crippen molar-refractivity contribution < 1.29 is 9.52 Å². The van der Waals surface area contributed by atoms with Gasteiger partial charge in [0.05, 0.1) is 12.6 Å². The summed E-state index contributed by atoms with van der Waals surface area (Å²) in [5.41, 5.74) is 0.0675. The van der Waals surface area contributed by atoms with Gasteiger partial charge >= 0.3 is 0 Å². The molecule has 1 atom stereocenters. The van der Waals surface area contributed by atoms with E-state index in [4.69, 9.17) is 9.52 Å². The zero-order valence-electron chi connectivity index (χ0n) is 10.7. The Morgan fingerprint density at radius 3 is 2.50 bits per heavy atom. The normalized spacial score (nSPS) is 14.1. The van der Waals surface area contributed by atoms with Gasteiger partial charge in [-0.3, -0.25) is 0 Å². The van der Waals surface area contributed by atoms with Gasteiger partial charge in [0.1, 0.15) is 11.5 Å². The summed E-state index contributed by atoms with van der Waals surface area (Å²) in [6, 6.07) is 4.19. The Bertz CT molecular complexity index is 312. The lowest BCUT2D eigenvalue weighted by Crippen LogP contribution is -2.33. The molecule has 0 aliphatic rings. The van der Waals surface area contributed by atoms with Crippen molar-refractivity contribution in [3.8, 4) is 0 Å². The molecule has 0 spiro atoms. The van der Waals surface area contributed by atoms with Gasteiger partial charge in [-0.2, -0.15) is 0 Å². The molecule has 0 fully saturated rings. The molecule has 92 valence electrons. The Morgan fingerprint density at radius 2 is 2.06 bits per heavy atom. The van der Waals surface area contributed by atoms with E-state index in [1.54, 1.807) is 0 Å². The van der Waals surface area contributed by atoms with Gasteiger partial charge in [0, 0.05) is 13.0 Å². The summed E-state index contributed by atoms with van der Waals surface area (Å²) in [5.74, 6) is 1.97. The lowest BCUT2D eigenvalue weighted by molar-refractivity contribution is 0.211. The maximum Gasteiger partial charge on any atom is 0.121 e. The quantitative estimate of drug-likeness (QED) is 0.809. The maximum atomic E-state index is 8.89. The second-order valence-corrected chi connectivity index (χ2v) is 5.13.